The van der Waals surface area contributed by atoms with Gasteiger partial charge in [-0.3, -0.25) is 4.79 Å². The molecule has 0 spiro atoms. The van der Waals surface area contributed by atoms with Gasteiger partial charge in [0.1, 0.15) is 0 Å². The lowest BCUT2D eigenvalue weighted by atomic mass is 10.2. The number of amides is 1. The second-order valence-electron chi connectivity index (χ2n) is 4.89. The summed E-state index contributed by atoms with van der Waals surface area (Å²) in [5, 5.41) is 11.1. The number of aromatic nitrogens is 3. The number of nitrogens with one attached hydrogen (secondary N) is 1. The zero-order chi connectivity index (χ0) is 15.1. The molecule has 6 nitrogen and oxygen atoms in total. The van der Waals surface area contributed by atoms with Gasteiger partial charge < -0.3 is 11.1 Å². The van der Waals surface area contributed by atoms with Crippen molar-refractivity contribution in [2.45, 2.75) is 26.2 Å². The second-order valence-corrected chi connectivity index (χ2v) is 4.89. The molecule has 0 saturated heterocycles. The van der Waals surface area contributed by atoms with Crippen LogP contribution in [0, 0.1) is 6.92 Å². The Bertz CT molecular complexity index is 585. The Balaban J connectivity index is 0.00000242. The molecule has 1 aromatic carbocycles. The number of hydrogen-bond acceptors (Lipinski definition) is 4. The third-order valence-electron chi connectivity index (χ3n) is 3.27. The summed E-state index contributed by atoms with van der Waals surface area (Å²) in [7, 11) is 0. The summed E-state index contributed by atoms with van der Waals surface area (Å²) in [6.45, 7) is 3.23. The van der Waals surface area contributed by atoms with Crippen molar-refractivity contribution in [2.24, 2.45) is 5.73 Å². The van der Waals surface area contributed by atoms with Gasteiger partial charge in [0.25, 0.3) is 0 Å². The fourth-order valence-electron chi connectivity index (χ4n) is 2.05. The van der Waals surface area contributed by atoms with E-state index in [9.17, 15) is 4.79 Å². The van der Waals surface area contributed by atoms with Gasteiger partial charge in [0, 0.05) is 6.54 Å². The number of nitrogens with zero attached hydrogens (tertiary/aromatic N) is 3. The first-order valence-corrected chi connectivity index (χ1v) is 7.15. The van der Waals surface area contributed by atoms with Crippen LogP contribution >= 0.6 is 12.4 Å². The lowest BCUT2D eigenvalue weighted by Gasteiger charge is -2.05. The van der Waals surface area contributed by atoms with Gasteiger partial charge in [0.15, 0.2) is 0 Å². The highest BCUT2D eigenvalue weighted by Crippen LogP contribution is 2.11. The first-order chi connectivity index (χ1) is 10.2. The maximum Gasteiger partial charge on any atom is 0.226 e. The van der Waals surface area contributed by atoms with Gasteiger partial charge in [-0.05, 0) is 38.4 Å². The van der Waals surface area contributed by atoms with Gasteiger partial charge >= 0.3 is 0 Å². The van der Waals surface area contributed by atoms with Crippen LogP contribution in [-0.4, -0.2) is 34.0 Å². The van der Waals surface area contributed by atoms with E-state index in [-0.39, 0.29) is 24.7 Å². The number of unbranched alkanes of at least 4 members (excludes halogenated alkanes) is 1. The number of carbonyl (C=O) groups is 1. The van der Waals surface area contributed by atoms with Crippen LogP contribution < -0.4 is 11.1 Å². The third-order valence-corrected chi connectivity index (χ3v) is 3.27. The molecule has 0 fully saturated rings. The van der Waals surface area contributed by atoms with Crippen molar-refractivity contribution < 1.29 is 4.79 Å². The number of benzene rings is 1. The minimum absolute atomic E-state index is 0. The normalized spacial score (nSPS) is 10.1. The van der Waals surface area contributed by atoms with E-state index in [1.54, 1.807) is 4.68 Å². The summed E-state index contributed by atoms with van der Waals surface area (Å²) in [6.07, 6.45) is 2.07. The Morgan fingerprint density at radius 1 is 1.27 bits per heavy atom. The van der Waals surface area contributed by atoms with Crippen LogP contribution in [0.4, 0.5) is 0 Å². The molecule has 0 atom stereocenters. The van der Waals surface area contributed by atoms with Crippen LogP contribution in [0.5, 0.6) is 0 Å². The maximum absolute atomic E-state index is 11.9. The zero-order valence-corrected chi connectivity index (χ0v) is 13.5. The van der Waals surface area contributed by atoms with Crippen molar-refractivity contribution in [1.82, 2.24) is 20.3 Å². The minimum Gasteiger partial charge on any atom is -0.356 e. The molecule has 120 valence electrons. The van der Waals surface area contributed by atoms with E-state index in [1.807, 2.05) is 37.3 Å². The van der Waals surface area contributed by atoms with Gasteiger partial charge in [-0.1, -0.05) is 23.4 Å². The number of carbonyl (C=O) groups excluding carboxylic acids is 1. The summed E-state index contributed by atoms with van der Waals surface area (Å²) in [5.41, 5.74) is 7.95. The van der Waals surface area contributed by atoms with Crippen molar-refractivity contribution in [3.63, 3.8) is 0 Å². The van der Waals surface area contributed by atoms with E-state index in [2.05, 4.69) is 15.6 Å². The van der Waals surface area contributed by atoms with Gasteiger partial charge in [-0.15, -0.1) is 17.5 Å². The number of hydrogen-bond donors (Lipinski definition) is 2. The van der Waals surface area contributed by atoms with Crippen molar-refractivity contribution >= 4 is 18.3 Å². The fraction of sp³-hybridized carbons (Fsp3) is 0.400. The maximum atomic E-state index is 11.9. The molecule has 0 aliphatic heterocycles. The molecule has 0 aliphatic rings. The Kier molecular flexibility index (Phi) is 7.56. The van der Waals surface area contributed by atoms with Gasteiger partial charge in [0.05, 0.1) is 23.5 Å². The monoisotopic (exact) mass is 323 g/mol. The van der Waals surface area contributed by atoms with Crippen molar-refractivity contribution in [2.75, 3.05) is 13.1 Å². The summed E-state index contributed by atoms with van der Waals surface area (Å²) < 4.78 is 1.75. The number of rotatable bonds is 7. The quantitative estimate of drug-likeness (QED) is 0.754. The molecule has 0 saturated carbocycles. The Morgan fingerprint density at radius 2 is 2.00 bits per heavy atom. The van der Waals surface area contributed by atoms with Crippen molar-refractivity contribution in [3.05, 3.63) is 41.7 Å². The Labute approximate surface area is 136 Å². The van der Waals surface area contributed by atoms with E-state index in [1.165, 1.54) is 0 Å². The molecule has 2 rings (SSSR count). The van der Waals surface area contributed by atoms with Crippen LogP contribution in [0.1, 0.15) is 24.2 Å². The van der Waals surface area contributed by atoms with Crippen molar-refractivity contribution in [1.29, 1.82) is 0 Å². The van der Waals surface area contributed by atoms with Crippen LogP contribution in [0.2, 0.25) is 0 Å². The zero-order valence-electron chi connectivity index (χ0n) is 12.7. The average Bonchev–Trinajstić information content (AvgIpc) is 2.86. The number of nitrogens with two attached hydrogens (primary N) is 1. The highest BCUT2D eigenvalue weighted by molar-refractivity contribution is 5.85. The molecule has 2 aromatic rings. The average molecular weight is 324 g/mol. The smallest absolute Gasteiger partial charge is 0.226 e. The van der Waals surface area contributed by atoms with E-state index < -0.39 is 0 Å². The van der Waals surface area contributed by atoms with Gasteiger partial charge in [0.2, 0.25) is 5.91 Å². The molecule has 1 amide bonds. The summed E-state index contributed by atoms with van der Waals surface area (Å²) >= 11 is 0. The Hall–Kier alpha value is -1.92. The van der Waals surface area contributed by atoms with Gasteiger partial charge in [-0.2, -0.15) is 0 Å². The molecule has 1 heterocycles. The van der Waals surface area contributed by atoms with Gasteiger partial charge in [-0.25, -0.2) is 4.68 Å². The molecular formula is C15H22ClN5O. The molecule has 7 heteroatoms. The molecule has 1 aromatic heterocycles. The van der Waals surface area contributed by atoms with E-state index in [4.69, 9.17) is 5.73 Å². The number of halogens is 1. The highest BCUT2D eigenvalue weighted by atomic mass is 35.5. The standard InChI is InChI=1S/C15H21N5O.ClH/c1-12-14(11-15(21)17-10-6-5-9-16)18-19-20(12)13-7-3-2-4-8-13;/h2-4,7-8H,5-6,9-11,16H2,1H3,(H,17,21);1H. The first kappa shape index (κ1) is 18.1. The van der Waals surface area contributed by atoms with Crippen LogP contribution in [0.15, 0.2) is 30.3 Å². The van der Waals surface area contributed by atoms with Crippen LogP contribution in [-0.2, 0) is 11.2 Å². The van der Waals surface area contributed by atoms with E-state index in [0.29, 0.717) is 18.8 Å². The van der Waals surface area contributed by atoms with Crippen LogP contribution in [0.3, 0.4) is 0 Å². The lowest BCUT2D eigenvalue weighted by Crippen LogP contribution is -2.26. The Morgan fingerprint density at radius 3 is 2.68 bits per heavy atom. The second kappa shape index (κ2) is 9.17. The molecular weight excluding hydrogens is 302 g/mol. The van der Waals surface area contributed by atoms with E-state index >= 15 is 0 Å². The molecule has 0 unspecified atom stereocenters. The predicted octanol–water partition coefficient (Wildman–Crippen LogP) is 1.40. The third kappa shape index (κ3) is 4.82. The molecule has 0 radical (unpaired) electrons. The van der Waals surface area contributed by atoms with E-state index in [0.717, 1.165) is 24.2 Å². The summed E-state index contributed by atoms with van der Waals surface area (Å²) in [4.78, 5) is 11.9. The predicted molar refractivity (Wildman–Crippen MR) is 88.3 cm³/mol. The molecule has 0 bridgehead atoms. The van der Waals surface area contributed by atoms with Crippen LogP contribution in [0.25, 0.3) is 5.69 Å². The van der Waals surface area contributed by atoms with Crippen molar-refractivity contribution in [3.8, 4) is 5.69 Å². The molecule has 22 heavy (non-hydrogen) atoms. The topological polar surface area (TPSA) is 85.8 Å². The summed E-state index contributed by atoms with van der Waals surface area (Å²) in [6, 6.07) is 9.75. The minimum atomic E-state index is -0.0322. The largest absolute Gasteiger partial charge is 0.356 e. The first-order valence-electron chi connectivity index (χ1n) is 7.15. The molecule has 3 N–H and O–H groups in total. The molecule has 0 aliphatic carbocycles. The lowest BCUT2D eigenvalue weighted by molar-refractivity contribution is -0.120. The fourth-order valence-corrected chi connectivity index (χ4v) is 2.05. The SMILES string of the molecule is Cc1c(CC(=O)NCCCCN)nnn1-c1ccccc1.Cl. The number of para-hydroxylation sites is 1. The summed E-state index contributed by atoms with van der Waals surface area (Å²) in [5.74, 6) is -0.0322. The highest BCUT2D eigenvalue weighted by Gasteiger charge is 2.13.